The Kier molecular flexibility index (Phi) is 4.85. The summed E-state index contributed by atoms with van der Waals surface area (Å²) in [6.45, 7) is 11.5. The van der Waals surface area contributed by atoms with Crippen LogP contribution >= 0.6 is 0 Å². The van der Waals surface area contributed by atoms with E-state index in [4.69, 9.17) is 0 Å². The molecule has 0 aromatic rings. The quantitative estimate of drug-likeness (QED) is 0.377. The Morgan fingerprint density at radius 2 is 2.19 bits per heavy atom. The Labute approximate surface area is 102 Å². The fraction of sp³-hybridized carbons (Fsp3) is 0.714. The molecule has 1 saturated heterocycles. The molecular weight excluding hydrogens is 193 g/mol. The van der Waals surface area contributed by atoms with Crippen LogP contribution in [0.3, 0.4) is 0 Å². The van der Waals surface area contributed by atoms with Crippen LogP contribution in [0.4, 0.5) is 0 Å². The third kappa shape index (κ3) is 2.79. The molecule has 0 saturated carbocycles. The molecule has 1 nitrogen and oxygen atoms in total. The maximum atomic E-state index is 4.27. The second-order valence-electron chi connectivity index (χ2n) is 5.50. The second-order valence-corrected chi connectivity index (χ2v) is 5.50. The van der Waals surface area contributed by atoms with E-state index in [1.54, 1.807) is 0 Å². The Morgan fingerprint density at radius 1 is 1.50 bits per heavy atom. The Morgan fingerprint density at radius 3 is 2.69 bits per heavy atom. The van der Waals surface area contributed by atoms with Crippen LogP contribution in [0.5, 0.6) is 0 Å². The van der Waals surface area contributed by atoms with Gasteiger partial charge in [-0.15, -0.1) is 6.58 Å². The number of allylic oxidation sites excluding steroid dienone is 1. The minimum absolute atomic E-state index is 0.336. The predicted octanol–water partition coefficient (Wildman–Crippen LogP) is 2.59. The molecule has 1 fully saturated rings. The van der Waals surface area contributed by atoms with Gasteiger partial charge in [0.1, 0.15) is 7.85 Å². The molecule has 0 aliphatic carbocycles. The molecule has 0 aromatic carbocycles. The van der Waals surface area contributed by atoms with Gasteiger partial charge in [-0.3, -0.25) is 0 Å². The van der Waals surface area contributed by atoms with Gasteiger partial charge in [0.05, 0.1) is 0 Å². The number of rotatable bonds is 6. The van der Waals surface area contributed by atoms with E-state index in [1.807, 2.05) is 6.08 Å². The molecule has 0 N–H and O–H groups in total. The van der Waals surface area contributed by atoms with Crippen molar-refractivity contribution < 1.29 is 0 Å². The van der Waals surface area contributed by atoms with Gasteiger partial charge in [-0.05, 0) is 37.7 Å². The van der Waals surface area contributed by atoms with E-state index < -0.39 is 0 Å². The summed E-state index contributed by atoms with van der Waals surface area (Å²) >= 11 is 0. The van der Waals surface area contributed by atoms with Crippen molar-refractivity contribution >= 4 is 7.85 Å². The number of hydrogen-bond donors (Lipinski definition) is 0. The van der Waals surface area contributed by atoms with Crippen molar-refractivity contribution in [3.63, 3.8) is 0 Å². The van der Waals surface area contributed by atoms with Crippen LogP contribution in [0.15, 0.2) is 24.8 Å². The lowest BCUT2D eigenvalue weighted by Crippen LogP contribution is -2.36. The van der Waals surface area contributed by atoms with Gasteiger partial charge < -0.3 is 4.90 Å². The van der Waals surface area contributed by atoms with Gasteiger partial charge in [0.2, 0.25) is 0 Å². The normalized spacial score (nSPS) is 30.9. The summed E-state index contributed by atoms with van der Waals surface area (Å²) in [5, 5.41) is 0. The lowest BCUT2D eigenvalue weighted by Gasteiger charge is -2.32. The zero-order valence-corrected chi connectivity index (χ0v) is 11.3. The minimum Gasteiger partial charge on any atom is -0.307 e. The fourth-order valence-electron chi connectivity index (χ4n) is 2.74. The summed E-state index contributed by atoms with van der Waals surface area (Å²) in [4.78, 5) is 2.42. The van der Waals surface area contributed by atoms with Crippen molar-refractivity contribution in [2.75, 3.05) is 13.6 Å². The Hall–Kier alpha value is -0.495. The zero-order chi connectivity index (χ0) is 12.2. The molecule has 0 amide bonds. The van der Waals surface area contributed by atoms with E-state index in [0.717, 1.165) is 13.0 Å². The summed E-state index contributed by atoms with van der Waals surface area (Å²) in [5.74, 6) is 0.638. The van der Waals surface area contributed by atoms with E-state index in [0.29, 0.717) is 11.4 Å². The van der Waals surface area contributed by atoms with Crippen LogP contribution in [0.2, 0.25) is 0 Å². The van der Waals surface area contributed by atoms with Gasteiger partial charge in [-0.1, -0.05) is 38.0 Å². The largest absolute Gasteiger partial charge is 0.307 e. The SMILES string of the molecule is BC1N(C)CC(=C)C1(C)CCCCCC=C. The molecule has 0 aromatic heterocycles. The van der Waals surface area contributed by atoms with Crippen molar-refractivity contribution in [2.24, 2.45) is 5.41 Å². The third-order valence-corrected chi connectivity index (χ3v) is 4.44. The maximum Gasteiger partial charge on any atom is 0.124 e. The van der Waals surface area contributed by atoms with Crippen molar-refractivity contribution in [1.82, 2.24) is 4.90 Å². The number of likely N-dealkylation sites (tertiary alicyclic amines) is 1. The monoisotopic (exact) mass is 219 g/mol. The van der Waals surface area contributed by atoms with Gasteiger partial charge >= 0.3 is 0 Å². The highest BCUT2D eigenvalue weighted by Gasteiger charge is 2.41. The second kappa shape index (κ2) is 5.72. The number of likely N-dealkylation sites (N-methyl/N-ethyl adjacent to an activating group) is 1. The number of unbranched alkanes of at least 4 members (excludes halogenated alkanes) is 3. The van der Waals surface area contributed by atoms with E-state index in [-0.39, 0.29) is 0 Å². The first-order chi connectivity index (χ1) is 7.52. The smallest absolute Gasteiger partial charge is 0.124 e. The molecule has 0 spiro atoms. The van der Waals surface area contributed by atoms with Gasteiger partial charge in [0.15, 0.2) is 0 Å². The molecule has 90 valence electrons. The van der Waals surface area contributed by atoms with Crippen LogP contribution in [0.25, 0.3) is 0 Å². The highest BCUT2D eigenvalue weighted by Crippen LogP contribution is 2.42. The Bertz CT molecular complexity index is 261. The van der Waals surface area contributed by atoms with E-state index >= 15 is 0 Å². The minimum atomic E-state index is 0.336. The van der Waals surface area contributed by atoms with Crippen molar-refractivity contribution in [3.8, 4) is 0 Å². The van der Waals surface area contributed by atoms with E-state index in [9.17, 15) is 0 Å². The van der Waals surface area contributed by atoms with Crippen LogP contribution in [0, 0.1) is 5.41 Å². The first-order valence-electron chi connectivity index (χ1n) is 6.51. The van der Waals surface area contributed by atoms with Gasteiger partial charge in [-0.2, -0.15) is 0 Å². The molecule has 0 radical (unpaired) electrons. The van der Waals surface area contributed by atoms with Crippen molar-refractivity contribution in [1.29, 1.82) is 0 Å². The summed E-state index contributed by atoms with van der Waals surface area (Å²) in [6, 6.07) is 0. The van der Waals surface area contributed by atoms with E-state index in [2.05, 4.69) is 39.9 Å². The number of nitrogens with zero attached hydrogens (tertiary/aromatic N) is 1. The Balaban J connectivity index is 2.39. The van der Waals surface area contributed by atoms with Crippen LogP contribution < -0.4 is 0 Å². The van der Waals surface area contributed by atoms with Crippen molar-refractivity contribution in [2.45, 2.75) is 45.0 Å². The predicted molar refractivity (Wildman–Crippen MR) is 75.5 cm³/mol. The highest BCUT2D eigenvalue weighted by atomic mass is 15.2. The van der Waals surface area contributed by atoms with Gasteiger partial charge in [0.25, 0.3) is 0 Å². The molecule has 1 aliphatic heterocycles. The average molecular weight is 219 g/mol. The lowest BCUT2D eigenvalue weighted by molar-refractivity contribution is 0.264. The van der Waals surface area contributed by atoms with Gasteiger partial charge in [0, 0.05) is 6.54 Å². The van der Waals surface area contributed by atoms with Crippen molar-refractivity contribution in [3.05, 3.63) is 24.8 Å². The summed E-state index contributed by atoms with van der Waals surface area (Å²) < 4.78 is 0. The summed E-state index contributed by atoms with van der Waals surface area (Å²) in [6.07, 6.45) is 8.40. The average Bonchev–Trinajstić information content (AvgIpc) is 2.43. The zero-order valence-electron chi connectivity index (χ0n) is 11.3. The van der Waals surface area contributed by atoms with Gasteiger partial charge in [-0.25, -0.2) is 0 Å². The molecular formula is C14H26BN. The molecule has 1 rings (SSSR count). The van der Waals surface area contributed by atoms with Crippen LogP contribution in [-0.4, -0.2) is 32.3 Å². The molecule has 0 bridgehead atoms. The molecule has 1 heterocycles. The standard InChI is InChI=1S/C14H26BN/c1-5-6-7-8-9-10-14(3)12(2)11-16(4)13(14)15/h5,13H,1-2,6-11,15H2,3-4H3. The maximum absolute atomic E-state index is 4.27. The fourth-order valence-corrected chi connectivity index (χ4v) is 2.74. The first-order valence-corrected chi connectivity index (χ1v) is 6.51. The van der Waals surface area contributed by atoms with Crippen LogP contribution in [0.1, 0.15) is 39.0 Å². The summed E-state index contributed by atoms with van der Waals surface area (Å²) in [5.41, 5.74) is 1.76. The van der Waals surface area contributed by atoms with Crippen LogP contribution in [-0.2, 0) is 0 Å². The summed E-state index contributed by atoms with van der Waals surface area (Å²) in [7, 11) is 4.54. The molecule has 2 atom stereocenters. The third-order valence-electron chi connectivity index (χ3n) is 4.44. The topological polar surface area (TPSA) is 3.24 Å². The molecule has 16 heavy (non-hydrogen) atoms. The number of hydrogen-bond acceptors (Lipinski definition) is 1. The molecule has 1 aliphatic rings. The molecule has 2 heteroatoms. The first kappa shape index (κ1) is 13.6. The molecule has 2 unspecified atom stereocenters. The van der Waals surface area contributed by atoms with E-state index in [1.165, 1.54) is 31.3 Å². The lowest BCUT2D eigenvalue weighted by atomic mass is 9.68. The highest BCUT2D eigenvalue weighted by molar-refractivity contribution is 6.12.